The number of halogens is 1. The number of methoxy groups -OCH3 is 2. The maximum atomic E-state index is 5.38. The second-order valence-corrected chi connectivity index (χ2v) is 7.60. The van der Waals surface area contributed by atoms with Crippen molar-refractivity contribution in [2.24, 2.45) is 4.99 Å². The fourth-order valence-corrected chi connectivity index (χ4v) is 3.58. The van der Waals surface area contributed by atoms with Gasteiger partial charge in [0.05, 0.1) is 14.2 Å². The Morgan fingerprint density at radius 1 is 1.17 bits per heavy atom. The first-order valence-corrected chi connectivity index (χ1v) is 10.6. The van der Waals surface area contributed by atoms with Crippen molar-refractivity contribution in [2.45, 2.75) is 58.5 Å². The van der Waals surface area contributed by atoms with E-state index >= 15 is 0 Å². The van der Waals surface area contributed by atoms with Crippen molar-refractivity contribution in [3.8, 4) is 11.5 Å². The first kappa shape index (κ1) is 25.8. The topological polar surface area (TPSA) is 58.1 Å². The van der Waals surface area contributed by atoms with Gasteiger partial charge in [-0.3, -0.25) is 4.99 Å². The molecule has 0 atom stereocenters. The highest BCUT2D eigenvalue weighted by Crippen LogP contribution is 2.27. The molecule has 0 saturated carbocycles. The first-order chi connectivity index (χ1) is 13.6. The highest BCUT2D eigenvalue weighted by atomic mass is 127. The first-order valence-electron chi connectivity index (χ1n) is 10.6. The number of piperidine rings is 1. The van der Waals surface area contributed by atoms with Crippen LogP contribution in [0.15, 0.2) is 23.2 Å². The third kappa shape index (κ3) is 8.58. The average molecular weight is 518 g/mol. The molecule has 0 spiro atoms. The SMILES string of the molecule is CCNC(=NCCCc1ccc(OC)c(OC)c1)NC1CCN(C(C)C)CC1.I. The van der Waals surface area contributed by atoms with Gasteiger partial charge >= 0.3 is 0 Å². The third-order valence-electron chi connectivity index (χ3n) is 5.29. The van der Waals surface area contributed by atoms with Crippen LogP contribution in [-0.2, 0) is 6.42 Å². The summed E-state index contributed by atoms with van der Waals surface area (Å²) in [6, 6.07) is 7.26. The Hall–Kier alpha value is -1.22. The largest absolute Gasteiger partial charge is 0.493 e. The summed E-state index contributed by atoms with van der Waals surface area (Å²) in [6.07, 6.45) is 4.32. The molecule has 0 amide bonds. The molecule has 1 aromatic carbocycles. The minimum Gasteiger partial charge on any atom is -0.493 e. The zero-order chi connectivity index (χ0) is 20.4. The molecule has 1 saturated heterocycles. The normalized spacial score (nSPS) is 15.7. The molecule has 1 aliphatic rings. The lowest BCUT2D eigenvalue weighted by molar-refractivity contribution is 0.167. The minimum absolute atomic E-state index is 0. The van der Waals surface area contributed by atoms with Crippen LogP contribution >= 0.6 is 24.0 Å². The molecule has 0 bridgehead atoms. The van der Waals surface area contributed by atoms with Gasteiger partial charge in [-0.2, -0.15) is 0 Å². The van der Waals surface area contributed by atoms with E-state index in [9.17, 15) is 0 Å². The highest BCUT2D eigenvalue weighted by molar-refractivity contribution is 14.0. The molecule has 7 heteroatoms. The number of guanidine groups is 1. The Morgan fingerprint density at radius 3 is 2.45 bits per heavy atom. The lowest BCUT2D eigenvalue weighted by Crippen LogP contribution is -2.49. The van der Waals surface area contributed by atoms with Crippen LogP contribution in [-0.4, -0.2) is 63.3 Å². The number of nitrogens with zero attached hydrogens (tertiary/aromatic N) is 2. The van der Waals surface area contributed by atoms with Gasteiger partial charge in [-0.05, 0) is 64.2 Å². The molecule has 166 valence electrons. The lowest BCUT2D eigenvalue weighted by Gasteiger charge is -2.35. The van der Waals surface area contributed by atoms with Crippen LogP contribution in [0.1, 0.15) is 45.6 Å². The van der Waals surface area contributed by atoms with E-state index in [4.69, 9.17) is 14.5 Å². The zero-order valence-corrected chi connectivity index (χ0v) is 21.0. The van der Waals surface area contributed by atoms with Crippen molar-refractivity contribution in [1.82, 2.24) is 15.5 Å². The number of benzene rings is 1. The fraction of sp³-hybridized carbons (Fsp3) is 0.682. The molecule has 1 heterocycles. The summed E-state index contributed by atoms with van der Waals surface area (Å²) in [7, 11) is 3.33. The second kappa shape index (κ2) is 13.9. The monoisotopic (exact) mass is 518 g/mol. The van der Waals surface area contributed by atoms with E-state index in [1.165, 1.54) is 18.4 Å². The molecule has 1 aliphatic heterocycles. The summed E-state index contributed by atoms with van der Waals surface area (Å²) in [4.78, 5) is 7.32. The molecular formula is C22H39IN4O2. The maximum Gasteiger partial charge on any atom is 0.191 e. The van der Waals surface area contributed by atoms with Crippen molar-refractivity contribution in [2.75, 3.05) is 40.4 Å². The van der Waals surface area contributed by atoms with E-state index in [0.29, 0.717) is 12.1 Å². The second-order valence-electron chi connectivity index (χ2n) is 7.60. The predicted molar refractivity (Wildman–Crippen MR) is 132 cm³/mol. The van der Waals surface area contributed by atoms with E-state index in [1.807, 2.05) is 6.07 Å². The van der Waals surface area contributed by atoms with Gasteiger partial charge in [-0.25, -0.2) is 0 Å². The van der Waals surface area contributed by atoms with Crippen LogP contribution in [0.5, 0.6) is 11.5 Å². The van der Waals surface area contributed by atoms with Gasteiger partial charge in [0.25, 0.3) is 0 Å². The van der Waals surface area contributed by atoms with Gasteiger partial charge < -0.3 is 25.0 Å². The lowest BCUT2D eigenvalue weighted by atomic mass is 10.0. The van der Waals surface area contributed by atoms with Gasteiger partial charge in [0.1, 0.15) is 0 Å². The fourth-order valence-electron chi connectivity index (χ4n) is 3.58. The van der Waals surface area contributed by atoms with Gasteiger partial charge in [-0.1, -0.05) is 6.07 Å². The molecule has 0 aromatic heterocycles. The quantitative estimate of drug-likeness (QED) is 0.226. The van der Waals surface area contributed by atoms with Crippen molar-refractivity contribution in [3.63, 3.8) is 0 Å². The van der Waals surface area contributed by atoms with Crippen molar-refractivity contribution in [1.29, 1.82) is 0 Å². The summed E-state index contributed by atoms with van der Waals surface area (Å²) >= 11 is 0. The van der Waals surface area contributed by atoms with Gasteiger partial charge in [0.15, 0.2) is 17.5 Å². The molecule has 2 rings (SSSR count). The number of ether oxygens (including phenoxy) is 2. The standard InChI is InChI=1S/C22H38N4O2.HI/c1-6-23-22(25-19-11-14-26(15-12-19)17(2)3)24-13-7-8-18-9-10-20(27-4)21(16-18)28-5;/h9-10,16-17,19H,6-8,11-15H2,1-5H3,(H2,23,24,25);1H. The maximum absolute atomic E-state index is 5.38. The van der Waals surface area contributed by atoms with Crippen LogP contribution in [0.3, 0.4) is 0 Å². The van der Waals surface area contributed by atoms with E-state index in [0.717, 1.165) is 56.5 Å². The number of rotatable bonds is 9. The molecule has 29 heavy (non-hydrogen) atoms. The molecular weight excluding hydrogens is 479 g/mol. The molecule has 0 unspecified atom stereocenters. The average Bonchev–Trinajstić information content (AvgIpc) is 2.71. The number of aliphatic imine (C=N–C) groups is 1. The Labute approximate surface area is 193 Å². The van der Waals surface area contributed by atoms with Crippen LogP contribution in [0.4, 0.5) is 0 Å². The third-order valence-corrected chi connectivity index (χ3v) is 5.29. The predicted octanol–water partition coefficient (Wildman–Crippen LogP) is 3.68. The highest BCUT2D eigenvalue weighted by Gasteiger charge is 2.21. The summed E-state index contributed by atoms with van der Waals surface area (Å²) in [5, 5.41) is 7.01. The van der Waals surface area contributed by atoms with Crippen LogP contribution in [0.25, 0.3) is 0 Å². The van der Waals surface area contributed by atoms with Crippen molar-refractivity contribution >= 4 is 29.9 Å². The zero-order valence-electron chi connectivity index (χ0n) is 18.7. The number of likely N-dealkylation sites (tertiary alicyclic amines) is 1. The van der Waals surface area contributed by atoms with Crippen LogP contribution < -0.4 is 20.1 Å². The number of aryl methyl sites for hydroxylation is 1. The molecule has 0 radical (unpaired) electrons. The number of nitrogens with one attached hydrogen (secondary N) is 2. The van der Waals surface area contributed by atoms with Crippen molar-refractivity contribution < 1.29 is 9.47 Å². The Morgan fingerprint density at radius 2 is 1.86 bits per heavy atom. The van der Waals surface area contributed by atoms with Gasteiger partial charge in [0, 0.05) is 38.3 Å². The molecule has 1 aromatic rings. The summed E-state index contributed by atoms with van der Waals surface area (Å²) in [5.41, 5.74) is 1.24. The van der Waals surface area contributed by atoms with E-state index in [1.54, 1.807) is 14.2 Å². The van der Waals surface area contributed by atoms with Crippen LogP contribution in [0, 0.1) is 0 Å². The Bertz CT molecular complexity index is 617. The molecule has 6 nitrogen and oxygen atoms in total. The molecule has 2 N–H and O–H groups in total. The number of hydrogen-bond acceptors (Lipinski definition) is 4. The molecule has 0 aliphatic carbocycles. The van der Waals surface area contributed by atoms with E-state index < -0.39 is 0 Å². The van der Waals surface area contributed by atoms with E-state index in [-0.39, 0.29) is 24.0 Å². The van der Waals surface area contributed by atoms with Gasteiger partial charge in [0.2, 0.25) is 0 Å². The summed E-state index contributed by atoms with van der Waals surface area (Å²) in [6.45, 7) is 10.7. The van der Waals surface area contributed by atoms with Gasteiger partial charge in [-0.15, -0.1) is 24.0 Å². The summed E-state index contributed by atoms with van der Waals surface area (Å²) < 4.78 is 10.7. The minimum atomic E-state index is 0. The molecule has 1 fully saturated rings. The summed E-state index contributed by atoms with van der Waals surface area (Å²) in [5.74, 6) is 2.50. The van der Waals surface area contributed by atoms with Crippen molar-refractivity contribution in [3.05, 3.63) is 23.8 Å². The Balaban J connectivity index is 0.00000420. The Kier molecular flexibility index (Phi) is 12.4. The van der Waals surface area contributed by atoms with Crippen LogP contribution in [0.2, 0.25) is 0 Å². The smallest absolute Gasteiger partial charge is 0.191 e. The van der Waals surface area contributed by atoms with E-state index in [2.05, 4.69) is 48.4 Å². The number of hydrogen-bond donors (Lipinski definition) is 2.